The number of carbonyl (C=O) groups excluding carboxylic acids is 1. The highest BCUT2D eigenvalue weighted by Gasteiger charge is 2.06. The lowest BCUT2D eigenvalue weighted by Gasteiger charge is -2.15. The van der Waals surface area contributed by atoms with Crippen molar-refractivity contribution in [3.05, 3.63) is 81.7 Å². The maximum atomic E-state index is 12.2. The molecule has 0 radical (unpaired) electrons. The number of halogens is 1. The Balaban J connectivity index is 1.50. The molecule has 0 aliphatic carbocycles. The molecule has 2 aromatic carbocycles. The van der Waals surface area contributed by atoms with Gasteiger partial charge < -0.3 is 14.6 Å². The van der Waals surface area contributed by atoms with Crippen LogP contribution in [0.25, 0.3) is 17.0 Å². The number of nitrogens with zero attached hydrogens (tertiary/aromatic N) is 1. The summed E-state index contributed by atoms with van der Waals surface area (Å²) in [5.74, 6) is -0.0687. The van der Waals surface area contributed by atoms with E-state index < -0.39 is 0 Å². The molecule has 1 heterocycles. The fraction of sp³-hybridized carbons (Fsp3) is 0.182. The van der Waals surface area contributed by atoms with Crippen molar-refractivity contribution in [1.82, 2.24) is 4.90 Å². The number of rotatable bonds is 7. The Labute approximate surface area is 168 Å². The van der Waals surface area contributed by atoms with Crippen molar-refractivity contribution in [1.29, 1.82) is 0 Å². The molecule has 1 amide bonds. The molecule has 0 aliphatic heterocycles. The Kier molecular flexibility index (Phi) is 6.50. The second-order valence-corrected chi connectivity index (χ2v) is 6.84. The van der Waals surface area contributed by atoms with Crippen LogP contribution in [0.2, 0.25) is 5.02 Å². The SMILES string of the molecule is CN(CCCNc1cc(=O)oc2ccccc12)C(=O)/C=C/c1ccc(Cl)cc1. The smallest absolute Gasteiger partial charge is 0.338 e. The summed E-state index contributed by atoms with van der Waals surface area (Å²) in [6.07, 6.45) is 4.06. The average Bonchev–Trinajstić information content (AvgIpc) is 2.70. The number of hydrogen-bond donors (Lipinski definition) is 1. The van der Waals surface area contributed by atoms with Gasteiger partial charge in [-0.15, -0.1) is 0 Å². The third kappa shape index (κ3) is 5.24. The topological polar surface area (TPSA) is 62.6 Å². The monoisotopic (exact) mass is 396 g/mol. The van der Waals surface area contributed by atoms with Gasteiger partial charge in [-0.25, -0.2) is 4.79 Å². The number of anilines is 1. The van der Waals surface area contributed by atoms with E-state index in [2.05, 4.69) is 5.32 Å². The van der Waals surface area contributed by atoms with Crippen LogP contribution in [-0.4, -0.2) is 30.9 Å². The van der Waals surface area contributed by atoms with Gasteiger partial charge in [-0.2, -0.15) is 0 Å². The minimum Gasteiger partial charge on any atom is -0.423 e. The highest BCUT2D eigenvalue weighted by Crippen LogP contribution is 2.20. The van der Waals surface area contributed by atoms with Crippen LogP contribution < -0.4 is 10.9 Å². The Hall–Kier alpha value is -3.05. The van der Waals surface area contributed by atoms with Crippen molar-refractivity contribution in [2.45, 2.75) is 6.42 Å². The van der Waals surface area contributed by atoms with Crippen LogP contribution in [0, 0.1) is 0 Å². The molecule has 28 heavy (non-hydrogen) atoms. The molecule has 0 fully saturated rings. The molecule has 144 valence electrons. The van der Waals surface area contributed by atoms with Gasteiger partial charge in [0.05, 0.1) is 5.69 Å². The summed E-state index contributed by atoms with van der Waals surface area (Å²) in [7, 11) is 1.76. The van der Waals surface area contributed by atoms with Gasteiger partial charge in [0.15, 0.2) is 0 Å². The molecule has 0 saturated carbocycles. The fourth-order valence-electron chi connectivity index (χ4n) is 2.78. The summed E-state index contributed by atoms with van der Waals surface area (Å²) in [5.41, 5.74) is 1.82. The maximum Gasteiger partial charge on any atom is 0.338 e. The first-order chi connectivity index (χ1) is 13.5. The lowest BCUT2D eigenvalue weighted by Crippen LogP contribution is -2.27. The summed E-state index contributed by atoms with van der Waals surface area (Å²) in [5, 5.41) is 4.78. The molecule has 0 aliphatic rings. The van der Waals surface area contributed by atoms with E-state index in [1.54, 1.807) is 42.3 Å². The molecule has 0 atom stereocenters. The lowest BCUT2D eigenvalue weighted by molar-refractivity contribution is -0.124. The predicted molar refractivity (Wildman–Crippen MR) is 114 cm³/mol. The van der Waals surface area contributed by atoms with E-state index in [1.165, 1.54) is 6.07 Å². The second kappa shape index (κ2) is 9.24. The summed E-state index contributed by atoms with van der Waals surface area (Å²) < 4.78 is 5.18. The number of para-hydroxylation sites is 1. The number of hydrogen-bond acceptors (Lipinski definition) is 4. The summed E-state index contributed by atoms with van der Waals surface area (Å²) in [6.45, 7) is 1.22. The first-order valence-corrected chi connectivity index (χ1v) is 9.36. The molecule has 0 bridgehead atoms. The van der Waals surface area contributed by atoms with Gasteiger partial charge in [0.1, 0.15) is 5.58 Å². The Morgan fingerprint density at radius 2 is 1.93 bits per heavy atom. The molecule has 3 aromatic rings. The molecule has 5 nitrogen and oxygen atoms in total. The minimum atomic E-state index is -0.388. The zero-order chi connectivity index (χ0) is 19.9. The minimum absolute atomic E-state index is 0.0687. The number of carbonyl (C=O) groups is 1. The fourth-order valence-corrected chi connectivity index (χ4v) is 2.90. The highest BCUT2D eigenvalue weighted by molar-refractivity contribution is 6.30. The van der Waals surface area contributed by atoms with Crippen molar-refractivity contribution in [2.24, 2.45) is 0 Å². The van der Waals surface area contributed by atoms with Gasteiger partial charge in [0.2, 0.25) is 5.91 Å². The Morgan fingerprint density at radius 1 is 1.18 bits per heavy atom. The van der Waals surface area contributed by atoms with Crippen molar-refractivity contribution in [2.75, 3.05) is 25.5 Å². The van der Waals surface area contributed by atoms with Gasteiger partial charge in [-0.1, -0.05) is 35.9 Å². The van der Waals surface area contributed by atoms with Gasteiger partial charge in [0, 0.05) is 42.7 Å². The summed E-state index contributed by atoms with van der Waals surface area (Å²) in [6, 6.07) is 16.1. The standard InChI is InChI=1S/C22H21ClN2O3/c1-25(21(26)12-9-16-7-10-17(23)11-8-16)14-4-13-24-19-15-22(27)28-20-6-3-2-5-18(19)20/h2-3,5-12,15,24H,4,13-14H2,1H3/b12-9+. The molecular formula is C22H21ClN2O3. The van der Waals surface area contributed by atoms with Crippen molar-refractivity contribution in [3.63, 3.8) is 0 Å². The third-order valence-corrected chi connectivity index (χ3v) is 4.55. The molecule has 1 aromatic heterocycles. The third-order valence-electron chi connectivity index (χ3n) is 4.30. The van der Waals surface area contributed by atoms with Crippen molar-refractivity contribution >= 4 is 40.2 Å². The second-order valence-electron chi connectivity index (χ2n) is 6.40. The van der Waals surface area contributed by atoms with Crippen molar-refractivity contribution in [3.8, 4) is 0 Å². The molecule has 0 spiro atoms. The molecule has 3 rings (SSSR count). The van der Waals surface area contributed by atoms with Gasteiger partial charge in [-0.05, 0) is 42.3 Å². The zero-order valence-electron chi connectivity index (χ0n) is 15.5. The van der Waals surface area contributed by atoms with Gasteiger partial charge in [-0.3, -0.25) is 4.79 Å². The normalized spacial score (nSPS) is 11.1. The highest BCUT2D eigenvalue weighted by atomic mass is 35.5. The Morgan fingerprint density at radius 3 is 2.71 bits per heavy atom. The first kappa shape index (κ1) is 19.7. The molecular weight excluding hydrogens is 376 g/mol. The predicted octanol–water partition coefficient (Wildman–Crippen LogP) is 4.42. The van der Waals surface area contributed by atoms with Crippen LogP contribution >= 0.6 is 11.6 Å². The summed E-state index contributed by atoms with van der Waals surface area (Å²) >= 11 is 5.85. The van der Waals surface area contributed by atoms with Crippen LogP contribution in [0.1, 0.15) is 12.0 Å². The summed E-state index contributed by atoms with van der Waals surface area (Å²) in [4.78, 5) is 25.5. The van der Waals surface area contributed by atoms with Gasteiger partial charge in [0.25, 0.3) is 0 Å². The number of nitrogens with one attached hydrogen (secondary N) is 1. The van der Waals surface area contributed by atoms with Crippen molar-refractivity contribution < 1.29 is 9.21 Å². The zero-order valence-corrected chi connectivity index (χ0v) is 16.3. The van der Waals surface area contributed by atoms with E-state index in [0.29, 0.717) is 23.7 Å². The number of benzene rings is 2. The van der Waals surface area contributed by atoms with Crippen LogP contribution in [0.3, 0.4) is 0 Å². The number of amides is 1. The molecule has 6 heteroatoms. The lowest BCUT2D eigenvalue weighted by atomic mass is 10.2. The van der Waals surface area contributed by atoms with E-state index >= 15 is 0 Å². The molecule has 0 saturated heterocycles. The van der Waals surface area contributed by atoms with E-state index in [1.807, 2.05) is 30.3 Å². The van der Waals surface area contributed by atoms with E-state index in [0.717, 1.165) is 23.1 Å². The van der Waals surface area contributed by atoms with E-state index in [-0.39, 0.29) is 11.5 Å². The van der Waals surface area contributed by atoms with Gasteiger partial charge >= 0.3 is 5.63 Å². The van der Waals surface area contributed by atoms with E-state index in [9.17, 15) is 9.59 Å². The maximum absolute atomic E-state index is 12.2. The van der Waals surface area contributed by atoms with Crippen LogP contribution in [0.4, 0.5) is 5.69 Å². The molecule has 0 unspecified atom stereocenters. The van der Waals surface area contributed by atoms with E-state index in [4.69, 9.17) is 16.0 Å². The molecule has 1 N–H and O–H groups in total. The van der Waals surface area contributed by atoms with Crippen LogP contribution in [-0.2, 0) is 4.79 Å². The average molecular weight is 397 g/mol. The first-order valence-electron chi connectivity index (χ1n) is 8.98. The van der Waals surface area contributed by atoms with Crippen LogP contribution in [0.5, 0.6) is 0 Å². The quantitative estimate of drug-likeness (QED) is 0.365. The number of likely N-dealkylation sites (N-methyl/N-ethyl adjacent to an activating group) is 1. The Bertz CT molecular complexity index is 1040. The largest absolute Gasteiger partial charge is 0.423 e. The number of fused-ring (bicyclic) bond motifs is 1. The van der Waals surface area contributed by atoms with Crippen LogP contribution in [0.15, 0.2) is 69.9 Å².